The third-order valence-electron chi connectivity index (χ3n) is 5.58. The van der Waals surface area contributed by atoms with Crippen LogP contribution in [0.5, 0.6) is 0 Å². The first-order chi connectivity index (χ1) is 13.2. The third kappa shape index (κ3) is 3.08. The number of benzene rings is 1. The molecule has 2 saturated heterocycles. The third-order valence-corrected chi connectivity index (χ3v) is 5.58. The van der Waals surface area contributed by atoms with Gasteiger partial charge in [0.1, 0.15) is 5.60 Å². The topological polar surface area (TPSA) is 64.0 Å². The van der Waals surface area contributed by atoms with Crippen molar-refractivity contribution in [1.29, 1.82) is 0 Å². The number of carbonyl (C=O) groups is 2. The van der Waals surface area contributed by atoms with Crippen molar-refractivity contribution in [2.45, 2.75) is 44.9 Å². The van der Waals surface area contributed by atoms with Gasteiger partial charge in [0.15, 0.2) is 0 Å². The molecule has 28 heavy (non-hydrogen) atoms. The SMILES string of the molecule is COC(=O)c1cn(C)c2cc(N3CC4CC3CN4C(=O)OC(C)(C)C)ccc12. The van der Waals surface area contributed by atoms with Crippen molar-refractivity contribution in [2.24, 2.45) is 7.05 Å². The molecule has 2 fully saturated rings. The van der Waals surface area contributed by atoms with Crippen LogP contribution in [0, 0.1) is 0 Å². The average Bonchev–Trinajstić information content (AvgIpc) is 3.32. The molecule has 7 nitrogen and oxygen atoms in total. The lowest BCUT2D eigenvalue weighted by atomic mass is 10.1. The fourth-order valence-electron chi connectivity index (χ4n) is 4.35. The van der Waals surface area contributed by atoms with Crippen LogP contribution in [0.15, 0.2) is 24.4 Å². The molecule has 0 saturated carbocycles. The number of hydrogen-bond acceptors (Lipinski definition) is 5. The van der Waals surface area contributed by atoms with Gasteiger partial charge in [-0.3, -0.25) is 0 Å². The highest BCUT2D eigenvalue weighted by Gasteiger charge is 2.46. The quantitative estimate of drug-likeness (QED) is 0.743. The number of rotatable bonds is 2. The van der Waals surface area contributed by atoms with Gasteiger partial charge in [-0.05, 0) is 45.4 Å². The van der Waals surface area contributed by atoms with E-state index in [1.807, 2.05) is 49.4 Å². The molecule has 2 aliphatic rings. The second-order valence-corrected chi connectivity index (χ2v) is 8.68. The Morgan fingerprint density at radius 2 is 1.89 bits per heavy atom. The van der Waals surface area contributed by atoms with Crippen LogP contribution in [-0.4, -0.2) is 59.4 Å². The minimum absolute atomic E-state index is 0.176. The molecule has 3 heterocycles. The Labute approximate surface area is 164 Å². The molecule has 7 heteroatoms. The predicted octanol–water partition coefficient (Wildman–Crippen LogP) is 3.16. The molecule has 2 atom stereocenters. The van der Waals surface area contributed by atoms with E-state index in [2.05, 4.69) is 11.0 Å². The van der Waals surface area contributed by atoms with Crippen molar-refractivity contribution in [1.82, 2.24) is 9.47 Å². The second-order valence-electron chi connectivity index (χ2n) is 8.68. The number of aryl methyl sites for hydroxylation is 1. The van der Waals surface area contributed by atoms with Gasteiger partial charge < -0.3 is 23.8 Å². The lowest BCUT2D eigenvalue weighted by Gasteiger charge is -2.36. The number of esters is 1. The molecule has 1 aromatic heterocycles. The Balaban J connectivity index is 1.54. The molecule has 0 aliphatic carbocycles. The van der Waals surface area contributed by atoms with Gasteiger partial charge >= 0.3 is 12.1 Å². The fraction of sp³-hybridized carbons (Fsp3) is 0.524. The summed E-state index contributed by atoms with van der Waals surface area (Å²) in [4.78, 5) is 28.7. The molecule has 1 amide bonds. The number of fused-ring (bicyclic) bond motifs is 3. The van der Waals surface area contributed by atoms with E-state index < -0.39 is 5.60 Å². The lowest BCUT2D eigenvalue weighted by Crippen LogP contribution is -2.50. The molecule has 0 N–H and O–H groups in total. The van der Waals surface area contributed by atoms with E-state index in [0.29, 0.717) is 12.1 Å². The minimum atomic E-state index is -0.479. The predicted molar refractivity (Wildman–Crippen MR) is 107 cm³/mol. The molecule has 2 aromatic rings. The summed E-state index contributed by atoms with van der Waals surface area (Å²) >= 11 is 0. The van der Waals surface area contributed by atoms with Gasteiger partial charge in [0, 0.05) is 43.4 Å². The van der Waals surface area contributed by atoms with E-state index in [9.17, 15) is 9.59 Å². The monoisotopic (exact) mass is 385 g/mol. The van der Waals surface area contributed by atoms with Crippen LogP contribution in [0.3, 0.4) is 0 Å². The van der Waals surface area contributed by atoms with E-state index in [1.165, 1.54) is 7.11 Å². The maximum atomic E-state index is 12.4. The molecule has 0 radical (unpaired) electrons. The maximum Gasteiger partial charge on any atom is 0.410 e. The van der Waals surface area contributed by atoms with Gasteiger partial charge in [-0.15, -0.1) is 0 Å². The van der Waals surface area contributed by atoms with Gasteiger partial charge in [-0.1, -0.05) is 0 Å². The highest BCUT2D eigenvalue weighted by Crippen LogP contribution is 2.37. The highest BCUT2D eigenvalue weighted by atomic mass is 16.6. The Bertz CT molecular complexity index is 943. The first-order valence-corrected chi connectivity index (χ1v) is 9.61. The number of aromatic nitrogens is 1. The normalized spacial score (nSPS) is 21.5. The highest BCUT2D eigenvalue weighted by molar-refractivity contribution is 6.05. The maximum absolute atomic E-state index is 12.4. The van der Waals surface area contributed by atoms with Crippen LogP contribution < -0.4 is 4.90 Å². The molecular weight excluding hydrogens is 358 g/mol. The Morgan fingerprint density at radius 3 is 2.50 bits per heavy atom. The fourth-order valence-corrected chi connectivity index (χ4v) is 4.35. The summed E-state index contributed by atoms with van der Waals surface area (Å²) in [5, 5.41) is 0.887. The Morgan fingerprint density at radius 1 is 1.14 bits per heavy atom. The standard InChI is InChI=1S/C21H27N3O4/c1-21(2,3)28-20(26)24-11-14-8-15(24)10-23(14)13-6-7-16-17(19(25)27-5)12-22(4)18(16)9-13/h6-7,9,12,14-15H,8,10-11H2,1-5H3. The number of amides is 1. The number of anilines is 1. The summed E-state index contributed by atoms with van der Waals surface area (Å²) in [7, 11) is 3.33. The second kappa shape index (κ2) is 6.43. The Hall–Kier alpha value is -2.70. The van der Waals surface area contributed by atoms with Crippen LogP contribution in [0.4, 0.5) is 10.5 Å². The zero-order chi connectivity index (χ0) is 20.2. The summed E-state index contributed by atoms with van der Waals surface area (Å²) < 4.78 is 12.4. The number of hydrogen-bond donors (Lipinski definition) is 0. The smallest absolute Gasteiger partial charge is 0.410 e. The molecular formula is C21H27N3O4. The molecule has 2 aliphatic heterocycles. The number of likely N-dealkylation sites (tertiary alicyclic amines) is 1. The summed E-state index contributed by atoms with van der Waals surface area (Å²) in [6.07, 6.45) is 2.54. The zero-order valence-corrected chi connectivity index (χ0v) is 17.1. The molecule has 1 aromatic carbocycles. The van der Waals surface area contributed by atoms with E-state index in [-0.39, 0.29) is 24.1 Å². The first kappa shape index (κ1) is 18.7. The van der Waals surface area contributed by atoms with Crippen molar-refractivity contribution >= 4 is 28.7 Å². The number of ether oxygens (including phenoxy) is 2. The van der Waals surface area contributed by atoms with Crippen molar-refractivity contribution in [2.75, 3.05) is 25.1 Å². The first-order valence-electron chi connectivity index (χ1n) is 9.61. The molecule has 150 valence electrons. The van der Waals surface area contributed by atoms with Crippen LogP contribution in [0.1, 0.15) is 37.6 Å². The number of nitrogens with zero attached hydrogens (tertiary/aromatic N) is 3. The van der Waals surface area contributed by atoms with E-state index in [1.54, 1.807) is 6.20 Å². The van der Waals surface area contributed by atoms with Crippen molar-refractivity contribution in [3.63, 3.8) is 0 Å². The summed E-state index contributed by atoms with van der Waals surface area (Å²) in [5.74, 6) is -0.327. The number of methoxy groups -OCH3 is 1. The van der Waals surface area contributed by atoms with Crippen molar-refractivity contribution in [3.05, 3.63) is 30.0 Å². The summed E-state index contributed by atoms with van der Waals surface area (Å²) in [6.45, 7) is 7.15. The van der Waals surface area contributed by atoms with Crippen LogP contribution in [0.25, 0.3) is 10.9 Å². The number of carbonyl (C=O) groups excluding carboxylic acids is 2. The van der Waals surface area contributed by atoms with E-state index in [0.717, 1.165) is 29.6 Å². The Kier molecular flexibility index (Phi) is 4.28. The summed E-state index contributed by atoms with van der Waals surface area (Å²) in [6, 6.07) is 6.60. The molecule has 2 unspecified atom stereocenters. The molecule has 4 rings (SSSR count). The van der Waals surface area contributed by atoms with Gasteiger partial charge in [0.25, 0.3) is 0 Å². The molecule has 2 bridgehead atoms. The van der Waals surface area contributed by atoms with Gasteiger partial charge in [0.2, 0.25) is 0 Å². The zero-order valence-electron chi connectivity index (χ0n) is 17.1. The lowest BCUT2D eigenvalue weighted by molar-refractivity contribution is 0.0214. The van der Waals surface area contributed by atoms with Crippen molar-refractivity contribution in [3.8, 4) is 0 Å². The van der Waals surface area contributed by atoms with Gasteiger partial charge in [-0.2, -0.15) is 0 Å². The van der Waals surface area contributed by atoms with Crippen LogP contribution in [-0.2, 0) is 16.5 Å². The van der Waals surface area contributed by atoms with Gasteiger partial charge in [0.05, 0.1) is 24.2 Å². The average molecular weight is 385 g/mol. The van der Waals surface area contributed by atoms with Crippen LogP contribution in [0.2, 0.25) is 0 Å². The van der Waals surface area contributed by atoms with E-state index >= 15 is 0 Å². The molecule has 0 spiro atoms. The van der Waals surface area contributed by atoms with Crippen molar-refractivity contribution < 1.29 is 19.1 Å². The van der Waals surface area contributed by atoms with Gasteiger partial charge in [-0.25, -0.2) is 9.59 Å². The number of piperazine rings is 1. The largest absolute Gasteiger partial charge is 0.465 e. The minimum Gasteiger partial charge on any atom is -0.465 e. The summed E-state index contributed by atoms with van der Waals surface area (Å²) in [5.41, 5.74) is 2.20. The van der Waals surface area contributed by atoms with Crippen LogP contribution >= 0.6 is 0 Å². The van der Waals surface area contributed by atoms with E-state index in [4.69, 9.17) is 9.47 Å².